The summed E-state index contributed by atoms with van der Waals surface area (Å²) >= 11 is 6.41. The molecule has 12 heteroatoms. The van der Waals surface area contributed by atoms with E-state index in [0.29, 0.717) is 45.3 Å². The summed E-state index contributed by atoms with van der Waals surface area (Å²) in [6.07, 6.45) is 3.01. The van der Waals surface area contributed by atoms with E-state index in [9.17, 15) is 10.2 Å². The van der Waals surface area contributed by atoms with Gasteiger partial charge in [0.15, 0.2) is 0 Å². The Hall–Kier alpha value is -2.67. The molecule has 0 spiro atoms. The van der Waals surface area contributed by atoms with Crippen molar-refractivity contribution in [3.8, 4) is 5.75 Å². The molecule has 4 heterocycles. The molecule has 1 unspecified atom stereocenters. The van der Waals surface area contributed by atoms with Gasteiger partial charge in [-0.2, -0.15) is 9.97 Å². The van der Waals surface area contributed by atoms with Crippen molar-refractivity contribution in [2.24, 2.45) is 5.92 Å². The Bertz CT molecular complexity index is 1280. The van der Waals surface area contributed by atoms with Crippen molar-refractivity contribution in [1.82, 2.24) is 24.8 Å². The molecule has 5 N–H and O–H groups in total. The van der Waals surface area contributed by atoms with Gasteiger partial charge in [-0.05, 0) is 36.5 Å². The van der Waals surface area contributed by atoms with Gasteiger partial charge < -0.3 is 35.3 Å². The van der Waals surface area contributed by atoms with Crippen LogP contribution in [-0.4, -0.2) is 100 Å². The van der Waals surface area contributed by atoms with Crippen LogP contribution in [0.3, 0.4) is 0 Å². The predicted molar refractivity (Wildman–Crippen MR) is 156 cm³/mol. The zero-order chi connectivity index (χ0) is 28.2. The van der Waals surface area contributed by atoms with Crippen LogP contribution in [0.2, 0.25) is 5.02 Å². The van der Waals surface area contributed by atoms with Crippen LogP contribution in [0.15, 0.2) is 24.4 Å². The molecule has 40 heavy (non-hydrogen) atoms. The Morgan fingerprint density at radius 1 is 1.18 bits per heavy atom. The summed E-state index contributed by atoms with van der Waals surface area (Å²) in [4.78, 5) is 17.0. The number of likely N-dealkylation sites (tertiary alicyclic amines) is 1. The fourth-order valence-corrected chi connectivity index (χ4v) is 5.73. The normalized spacial score (nSPS) is 19.2. The smallest absolute Gasteiger partial charge is 0.231 e. The number of aromatic nitrogens is 3. The minimum Gasteiger partial charge on any atom is -0.495 e. The molecule has 2 aliphatic heterocycles. The highest BCUT2D eigenvalue weighted by molar-refractivity contribution is 6.36. The van der Waals surface area contributed by atoms with E-state index < -0.39 is 6.23 Å². The number of rotatable bonds is 10. The van der Waals surface area contributed by atoms with Gasteiger partial charge in [-0.15, -0.1) is 0 Å². The number of methoxy groups -OCH3 is 1. The summed E-state index contributed by atoms with van der Waals surface area (Å²) in [5.74, 6) is 1.61. The molecule has 0 saturated carbocycles. The number of hydrogen-bond acceptors (Lipinski definition) is 10. The Kier molecular flexibility index (Phi) is 9.29. The third kappa shape index (κ3) is 6.29. The van der Waals surface area contributed by atoms with Crippen LogP contribution in [0.1, 0.15) is 38.5 Å². The number of morpholine rings is 1. The average molecular weight is 574 g/mol. The molecule has 11 nitrogen and oxygen atoms in total. The van der Waals surface area contributed by atoms with Crippen molar-refractivity contribution in [3.63, 3.8) is 0 Å². The van der Waals surface area contributed by atoms with Crippen LogP contribution >= 0.6 is 11.6 Å². The van der Waals surface area contributed by atoms with Gasteiger partial charge in [-0.1, -0.05) is 31.5 Å². The van der Waals surface area contributed by atoms with Gasteiger partial charge in [0.1, 0.15) is 23.4 Å². The molecule has 2 aliphatic rings. The minimum absolute atomic E-state index is 0.0452. The number of ether oxygens (including phenoxy) is 2. The van der Waals surface area contributed by atoms with Gasteiger partial charge in [0.2, 0.25) is 5.95 Å². The first kappa shape index (κ1) is 28.8. The third-order valence-corrected chi connectivity index (χ3v) is 8.28. The number of piperidine rings is 1. The highest BCUT2D eigenvalue weighted by Gasteiger charge is 2.29. The molecule has 2 saturated heterocycles. The molecular weight excluding hydrogens is 534 g/mol. The number of fused-ring (bicyclic) bond motifs is 1. The molecule has 0 amide bonds. The van der Waals surface area contributed by atoms with Crippen molar-refractivity contribution in [2.75, 3.05) is 63.7 Å². The quantitative estimate of drug-likeness (QED) is 0.245. The van der Waals surface area contributed by atoms with Gasteiger partial charge in [0, 0.05) is 38.4 Å². The van der Waals surface area contributed by atoms with Gasteiger partial charge in [0.05, 0.1) is 49.1 Å². The lowest BCUT2D eigenvalue weighted by Gasteiger charge is -2.41. The maximum atomic E-state index is 11.2. The number of anilines is 3. The number of H-pyrrole nitrogens is 1. The number of halogens is 1. The molecule has 2 fully saturated rings. The van der Waals surface area contributed by atoms with E-state index in [1.807, 2.05) is 32.0 Å². The lowest BCUT2D eigenvalue weighted by atomic mass is 10.0. The SMILES string of the molecule is COc1cc(C(O)N2CCC(N3CCOCC3)CC2)ccc1Nc1nc(N[C@H](CO)C(C)C)c2c(Cl)c[nH]c2n1. The van der Waals surface area contributed by atoms with Gasteiger partial charge in [-0.3, -0.25) is 9.80 Å². The number of nitrogens with zero attached hydrogens (tertiary/aromatic N) is 4. The first-order valence-corrected chi connectivity index (χ1v) is 14.4. The largest absolute Gasteiger partial charge is 0.495 e. The molecule has 0 radical (unpaired) electrons. The molecule has 5 rings (SSSR count). The van der Waals surface area contributed by atoms with Crippen molar-refractivity contribution < 1.29 is 19.7 Å². The van der Waals surface area contributed by atoms with Gasteiger partial charge in [-0.25, -0.2) is 0 Å². The molecule has 3 aromatic rings. The molecule has 0 bridgehead atoms. The maximum absolute atomic E-state index is 11.2. The highest BCUT2D eigenvalue weighted by Crippen LogP contribution is 2.35. The summed E-state index contributed by atoms with van der Waals surface area (Å²) in [5.41, 5.74) is 2.00. The molecule has 2 atom stereocenters. The van der Waals surface area contributed by atoms with Crippen LogP contribution in [-0.2, 0) is 4.74 Å². The van der Waals surface area contributed by atoms with E-state index >= 15 is 0 Å². The summed E-state index contributed by atoms with van der Waals surface area (Å²) in [6, 6.07) is 5.96. The van der Waals surface area contributed by atoms with E-state index in [1.54, 1.807) is 13.3 Å². The fourth-order valence-electron chi connectivity index (χ4n) is 5.50. The van der Waals surface area contributed by atoms with E-state index in [1.165, 1.54) is 0 Å². The number of aliphatic hydroxyl groups excluding tert-OH is 2. The summed E-state index contributed by atoms with van der Waals surface area (Å²) in [5, 5.41) is 28.8. The molecule has 0 aliphatic carbocycles. The van der Waals surface area contributed by atoms with Crippen LogP contribution < -0.4 is 15.4 Å². The second kappa shape index (κ2) is 12.9. The second-order valence-corrected chi connectivity index (χ2v) is 11.2. The molecular formula is C28H40ClN7O4. The Balaban J connectivity index is 1.31. The number of nitrogens with one attached hydrogen (secondary N) is 3. The van der Waals surface area contributed by atoms with Crippen molar-refractivity contribution in [1.29, 1.82) is 0 Å². The van der Waals surface area contributed by atoms with Crippen molar-refractivity contribution in [3.05, 3.63) is 35.0 Å². The molecule has 218 valence electrons. The summed E-state index contributed by atoms with van der Waals surface area (Å²) in [7, 11) is 1.60. The number of aromatic amines is 1. The Morgan fingerprint density at radius 2 is 1.93 bits per heavy atom. The summed E-state index contributed by atoms with van der Waals surface area (Å²) < 4.78 is 11.2. The number of hydrogen-bond donors (Lipinski definition) is 5. The second-order valence-electron chi connectivity index (χ2n) is 10.8. The van der Waals surface area contributed by atoms with E-state index in [4.69, 9.17) is 21.1 Å². The average Bonchev–Trinajstić information content (AvgIpc) is 3.36. The highest BCUT2D eigenvalue weighted by atomic mass is 35.5. The lowest BCUT2D eigenvalue weighted by Crippen LogP contribution is -2.49. The van der Waals surface area contributed by atoms with Crippen LogP contribution in [0.5, 0.6) is 5.75 Å². The first-order valence-electron chi connectivity index (χ1n) is 14.0. The number of benzene rings is 1. The van der Waals surface area contributed by atoms with Crippen molar-refractivity contribution in [2.45, 2.75) is 45.0 Å². The number of aliphatic hydroxyl groups is 2. The van der Waals surface area contributed by atoms with E-state index in [2.05, 4.69) is 35.4 Å². The monoisotopic (exact) mass is 573 g/mol. The lowest BCUT2D eigenvalue weighted by molar-refractivity contribution is -0.0423. The zero-order valence-electron chi connectivity index (χ0n) is 23.4. The van der Waals surface area contributed by atoms with Crippen LogP contribution in [0.4, 0.5) is 17.5 Å². The summed E-state index contributed by atoms with van der Waals surface area (Å²) in [6.45, 7) is 9.26. The predicted octanol–water partition coefficient (Wildman–Crippen LogP) is 3.58. The Morgan fingerprint density at radius 3 is 2.60 bits per heavy atom. The standard InChI is InChI=1S/C28H40ClN7O4/c1-17(2)22(16-37)31-26-24-20(29)15-30-25(24)33-28(34-26)32-21-5-4-18(14-23(21)39-3)27(38)36-8-6-19(7-9-36)35-10-12-40-13-11-35/h4-5,14-15,17,19,22,27,37-38H,6-13,16H2,1-3H3,(H3,30,31,32,33,34)/t22-,27?/m1/s1. The molecule has 2 aromatic heterocycles. The topological polar surface area (TPSA) is 131 Å². The first-order chi connectivity index (χ1) is 19.4. The molecule has 1 aromatic carbocycles. The van der Waals surface area contributed by atoms with E-state index in [0.717, 1.165) is 57.8 Å². The maximum Gasteiger partial charge on any atom is 0.231 e. The van der Waals surface area contributed by atoms with Crippen LogP contribution in [0, 0.1) is 5.92 Å². The van der Waals surface area contributed by atoms with Crippen molar-refractivity contribution >= 4 is 40.1 Å². The minimum atomic E-state index is -0.718. The zero-order valence-corrected chi connectivity index (χ0v) is 24.1. The fraction of sp³-hybridized carbons (Fsp3) is 0.571. The third-order valence-electron chi connectivity index (χ3n) is 7.98. The van der Waals surface area contributed by atoms with Gasteiger partial charge >= 0.3 is 0 Å². The Labute approximate surface area is 239 Å². The van der Waals surface area contributed by atoms with Crippen LogP contribution in [0.25, 0.3) is 11.0 Å². The van der Waals surface area contributed by atoms with E-state index in [-0.39, 0.29) is 18.6 Å². The van der Waals surface area contributed by atoms with Gasteiger partial charge in [0.25, 0.3) is 0 Å².